The van der Waals surface area contributed by atoms with Crippen LogP contribution >= 0.6 is 0 Å². The average Bonchev–Trinajstić information content (AvgIpc) is 2.93. The van der Waals surface area contributed by atoms with E-state index in [1.54, 1.807) is 11.1 Å². The van der Waals surface area contributed by atoms with Gasteiger partial charge < -0.3 is 0 Å². The second kappa shape index (κ2) is 4.24. The number of allylic oxidation sites excluding steroid dienone is 6. The Kier molecular flexibility index (Phi) is 3.10. The molecule has 3 aliphatic rings. The fraction of sp³-hybridized carbons (Fsp3) is 0.625. The maximum Gasteiger partial charge on any atom is -0.00668 e. The van der Waals surface area contributed by atoms with Crippen molar-refractivity contribution in [2.45, 2.75) is 53.4 Å². The standard InChI is InChI=1S/C14H18.C2H6/c1-10-7-11-3-4-13(9-12(11)8-10)14(2)5-6-14;1-2/h7-10H,3-6H2,1-2H3;1-2H3. The van der Waals surface area contributed by atoms with Gasteiger partial charge in [-0.1, -0.05) is 51.5 Å². The summed E-state index contributed by atoms with van der Waals surface area (Å²) in [4.78, 5) is 0. The Bertz CT molecular complexity index is 361. The van der Waals surface area contributed by atoms with Gasteiger partial charge in [0.2, 0.25) is 0 Å². The van der Waals surface area contributed by atoms with Crippen molar-refractivity contribution in [3.05, 3.63) is 34.9 Å². The van der Waals surface area contributed by atoms with E-state index in [0.717, 1.165) is 0 Å². The molecule has 88 valence electrons. The van der Waals surface area contributed by atoms with Gasteiger partial charge in [-0.05, 0) is 48.2 Å². The van der Waals surface area contributed by atoms with Crippen LogP contribution in [0, 0.1) is 11.3 Å². The summed E-state index contributed by atoms with van der Waals surface area (Å²) >= 11 is 0. The number of hydrogen-bond acceptors (Lipinski definition) is 0. The average molecular weight is 216 g/mol. The van der Waals surface area contributed by atoms with Crippen LogP contribution < -0.4 is 0 Å². The van der Waals surface area contributed by atoms with Crippen LogP contribution in [0.15, 0.2) is 34.9 Å². The predicted molar refractivity (Wildman–Crippen MR) is 71.3 cm³/mol. The quantitative estimate of drug-likeness (QED) is 0.576. The van der Waals surface area contributed by atoms with Crippen molar-refractivity contribution in [3.63, 3.8) is 0 Å². The van der Waals surface area contributed by atoms with Gasteiger partial charge in [-0.15, -0.1) is 0 Å². The maximum absolute atomic E-state index is 2.48. The van der Waals surface area contributed by atoms with E-state index in [9.17, 15) is 0 Å². The summed E-state index contributed by atoms with van der Waals surface area (Å²) in [5, 5.41) is 0. The summed E-state index contributed by atoms with van der Waals surface area (Å²) in [7, 11) is 0. The zero-order valence-electron chi connectivity index (χ0n) is 11.1. The highest BCUT2D eigenvalue weighted by Gasteiger charge is 2.41. The van der Waals surface area contributed by atoms with Crippen molar-refractivity contribution in [1.82, 2.24) is 0 Å². The van der Waals surface area contributed by atoms with Crippen LogP contribution in [0.25, 0.3) is 0 Å². The monoisotopic (exact) mass is 216 g/mol. The lowest BCUT2D eigenvalue weighted by Crippen LogP contribution is -2.05. The van der Waals surface area contributed by atoms with Gasteiger partial charge in [0.25, 0.3) is 0 Å². The van der Waals surface area contributed by atoms with E-state index in [1.807, 2.05) is 13.8 Å². The zero-order chi connectivity index (χ0) is 11.8. The van der Waals surface area contributed by atoms with Crippen molar-refractivity contribution < 1.29 is 0 Å². The topological polar surface area (TPSA) is 0 Å². The van der Waals surface area contributed by atoms with Crippen molar-refractivity contribution in [2.75, 3.05) is 0 Å². The molecular weight excluding hydrogens is 192 g/mol. The second-order valence-corrected chi connectivity index (χ2v) is 5.40. The van der Waals surface area contributed by atoms with E-state index in [1.165, 1.54) is 31.3 Å². The molecule has 0 aliphatic heterocycles. The van der Waals surface area contributed by atoms with Gasteiger partial charge in [-0.3, -0.25) is 0 Å². The van der Waals surface area contributed by atoms with Crippen LogP contribution in [-0.4, -0.2) is 0 Å². The summed E-state index contributed by atoms with van der Waals surface area (Å²) < 4.78 is 0. The molecule has 0 aromatic carbocycles. The highest BCUT2D eigenvalue weighted by atomic mass is 14.5. The van der Waals surface area contributed by atoms with Crippen molar-refractivity contribution in [1.29, 1.82) is 0 Å². The zero-order valence-corrected chi connectivity index (χ0v) is 11.1. The van der Waals surface area contributed by atoms with Crippen LogP contribution in [-0.2, 0) is 0 Å². The minimum absolute atomic E-state index is 0.595. The number of rotatable bonds is 1. The molecule has 3 aliphatic carbocycles. The molecule has 1 saturated carbocycles. The molecule has 0 saturated heterocycles. The highest BCUT2D eigenvalue weighted by molar-refractivity contribution is 5.51. The minimum atomic E-state index is 0.595. The van der Waals surface area contributed by atoms with Crippen molar-refractivity contribution >= 4 is 0 Å². The Morgan fingerprint density at radius 1 is 1.12 bits per heavy atom. The van der Waals surface area contributed by atoms with E-state index in [2.05, 4.69) is 32.1 Å². The third-order valence-corrected chi connectivity index (χ3v) is 4.05. The lowest BCUT2D eigenvalue weighted by atomic mass is 9.84. The largest absolute Gasteiger partial charge is 0.0741 e. The van der Waals surface area contributed by atoms with E-state index in [4.69, 9.17) is 0 Å². The Morgan fingerprint density at radius 3 is 2.44 bits per heavy atom. The van der Waals surface area contributed by atoms with Crippen LogP contribution in [0.3, 0.4) is 0 Å². The molecular formula is C16H24. The van der Waals surface area contributed by atoms with Crippen LogP contribution in [0.2, 0.25) is 0 Å². The second-order valence-electron chi connectivity index (χ2n) is 5.40. The maximum atomic E-state index is 2.48. The van der Waals surface area contributed by atoms with E-state index >= 15 is 0 Å². The summed E-state index contributed by atoms with van der Waals surface area (Å²) in [6.45, 7) is 8.71. The molecule has 0 bridgehead atoms. The van der Waals surface area contributed by atoms with Gasteiger partial charge in [0, 0.05) is 0 Å². The molecule has 0 N–H and O–H groups in total. The first kappa shape index (κ1) is 11.7. The third-order valence-electron chi connectivity index (χ3n) is 4.05. The normalized spacial score (nSPS) is 29.2. The van der Waals surface area contributed by atoms with Crippen molar-refractivity contribution in [3.8, 4) is 0 Å². The first-order chi connectivity index (χ1) is 7.67. The molecule has 16 heavy (non-hydrogen) atoms. The van der Waals surface area contributed by atoms with Gasteiger partial charge >= 0.3 is 0 Å². The van der Waals surface area contributed by atoms with E-state index < -0.39 is 0 Å². The molecule has 0 radical (unpaired) electrons. The Hall–Kier alpha value is -0.780. The third kappa shape index (κ3) is 2.03. The summed E-state index contributed by atoms with van der Waals surface area (Å²) in [5.41, 5.74) is 5.45. The van der Waals surface area contributed by atoms with E-state index in [0.29, 0.717) is 11.3 Å². The smallest absolute Gasteiger partial charge is 0.00668 e. The molecule has 0 nitrogen and oxygen atoms in total. The summed E-state index contributed by atoms with van der Waals surface area (Å²) in [6.07, 6.45) is 12.8. The lowest BCUT2D eigenvalue weighted by Gasteiger charge is -2.21. The highest BCUT2D eigenvalue weighted by Crippen LogP contribution is 2.55. The van der Waals surface area contributed by atoms with Gasteiger partial charge in [-0.25, -0.2) is 0 Å². The molecule has 0 amide bonds. The predicted octanol–water partition coefficient (Wildman–Crippen LogP) is 5.04. The first-order valence-electron chi connectivity index (χ1n) is 6.81. The van der Waals surface area contributed by atoms with Crippen molar-refractivity contribution in [2.24, 2.45) is 11.3 Å². The Morgan fingerprint density at radius 2 is 1.81 bits per heavy atom. The lowest BCUT2D eigenvalue weighted by molar-refractivity contribution is 0.635. The van der Waals surface area contributed by atoms with Gasteiger partial charge in [0.15, 0.2) is 0 Å². The molecule has 0 heterocycles. The molecule has 0 aromatic rings. The van der Waals surface area contributed by atoms with Crippen LogP contribution in [0.5, 0.6) is 0 Å². The SMILES string of the molecule is CC.CC1C=C2C=C(C3(C)CC3)CCC2=C1. The Labute approximate surface area is 100 Å². The molecule has 0 aromatic heterocycles. The fourth-order valence-corrected chi connectivity index (χ4v) is 2.73. The number of fused-ring (bicyclic) bond motifs is 1. The van der Waals surface area contributed by atoms with E-state index in [-0.39, 0.29) is 0 Å². The molecule has 1 fully saturated rings. The summed E-state index contributed by atoms with van der Waals surface area (Å²) in [5.74, 6) is 0.669. The molecule has 0 spiro atoms. The van der Waals surface area contributed by atoms with Crippen LogP contribution in [0.4, 0.5) is 0 Å². The minimum Gasteiger partial charge on any atom is -0.0741 e. The molecule has 1 unspecified atom stereocenters. The summed E-state index contributed by atoms with van der Waals surface area (Å²) in [6, 6.07) is 0. The van der Waals surface area contributed by atoms with Gasteiger partial charge in [0.05, 0.1) is 0 Å². The molecule has 3 rings (SSSR count). The molecule has 0 heteroatoms. The van der Waals surface area contributed by atoms with Gasteiger partial charge in [-0.2, -0.15) is 0 Å². The fourth-order valence-electron chi connectivity index (χ4n) is 2.73. The first-order valence-corrected chi connectivity index (χ1v) is 6.81. The molecule has 1 atom stereocenters. The van der Waals surface area contributed by atoms with Crippen LogP contribution in [0.1, 0.15) is 53.4 Å². The number of hydrogen-bond donors (Lipinski definition) is 0. The Balaban J connectivity index is 0.000000457. The van der Waals surface area contributed by atoms with Gasteiger partial charge in [0.1, 0.15) is 0 Å².